The summed E-state index contributed by atoms with van der Waals surface area (Å²) in [5.41, 5.74) is 5.51. The highest BCUT2D eigenvalue weighted by Gasteiger charge is 2.54. The second-order valence-electron chi connectivity index (χ2n) is 8.89. The van der Waals surface area contributed by atoms with Gasteiger partial charge in [0.25, 0.3) is 11.8 Å². The molecule has 2 atom stereocenters. The highest BCUT2D eigenvalue weighted by atomic mass is 32.2. The molecule has 1 aromatic rings. The number of nitrogens with one attached hydrogen (secondary N) is 1. The first kappa shape index (κ1) is 29.3. The Morgan fingerprint density at radius 2 is 2.11 bits per heavy atom. The number of nitrogen functional groups attached to an aromatic ring is 1. The topological polar surface area (TPSA) is 186 Å². The van der Waals surface area contributed by atoms with Crippen molar-refractivity contribution in [2.75, 3.05) is 36.9 Å². The SMILES string of the molecule is CO/N=C(\C(=O)N[C@@H]1C(=O)N2C(C(=O)OCOC(=O)C(C)(C)C)=C(CSCC#N)CS[C@H]12)c1csc(N)n1. The van der Waals surface area contributed by atoms with Gasteiger partial charge in [0.2, 0.25) is 6.79 Å². The third kappa shape index (κ3) is 6.58. The molecule has 3 rings (SSSR count). The number of hydrogen-bond donors (Lipinski definition) is 2. The van der Waals surface area contributed by atoms with Crippen molar-refractivity contribution in [2.24, 2.45) is 10.6 Å². The van der Waals surface area contributed by atoms with Crippen LogP contribution in [0.25, 0.3) is 0 Å². The number of carbonyl (C=O) groups is 4. The van der Waals surface area contributed by atoms with Crippen molar-refractivity contribution in [3.63, 3.8) is 0 Å². The Bertz CT molecular complexity index is 1220. The third-order valence-corrected chi connectivity index (χ3v) is 8.02. The van der Waals surface area contributed by atoms with E-state index in [1.807, 2.05) is 6.07 Å². The van der Waals surface area contributed by atoms with Gasteiger partial charge in [0.05, 0.1) is 17.2 Å². The van der Waals surface area contributed by atoms with Crippen molar-refractivity contribution >= 4 is 69.5 Å². The zero-order chi connectivity index (χ0) is 28.0. The Hall–Kier alpha value is -3.29. The Morgan fingerprint density at radius 3 is 2.71 bits per heavy atom. The van der Waals surface area contributed by atoms with Crippen LogP contribution in [0.15, 0.2) is 21.8 Å². The monoisotopic (exact) mass is 582 g/mol. The summed E-state index contributed by atoms with van der Waals surface area (Å²) in [6.45, 7) is 4.36. The molecular formula is C22H26N6O7S3. The van der Waals surface area contributed by atoms with E-state index < -0.39 is 47.4 Å². The minimum absolute atomic E-state index is 0.0135. The van der Waals surface area contributed by atoms with Gasteiger partial charge in [-0.3, -0.25) is 19.3 Å². The van der Waals surface area contributed by atoms with E-state index in [9.17, 15) is 19.2 Å². The number of aromatic nitrogens is 1. The number of ether oxygens (including phenoxy) is 2. The van der Waals surface area contributed by atoms with Gasteiger partial charge in [-0.25, -0.2) is 9.78 Å². The molecule has 0 aromatic carbocycles. The van der Waals surface area contributed by atoms with Crippen LogP contribution in [-0.4, -0.2) is 81.9 Å². The van der Waals surface area contributed by atoms with E-state index in [0.717, 1.165) is 11.3 Å². The minimum atomic E-state index is -0.958. The molecule has 0 unspecified atom stereocenters. The van der Waals surface area contributed by atoms with Crippen LogP contribution in [0.1, 0.15) is 26.5 Å². The quantitative estimate of drug-likeness (QED) is 0.1000. The number of esters is 2. The van der Waals surface area contributed by atoms with Gasteiger partial charge in [-0.15, -0.1) is 34.9 Å². The molecule has 16 heteroatoms. The highest BCUT2D eigenvalue weighted by Crippen LogP contribution is 2.41. The number of nitrogens with zero attached hydrogens (tertiary/aromatic N) is 4. The number of thioether (sulfide) groups is 2. The van der Waals surface area contributed by atoms with Crippen molar-refractivity contribution in [3.8, 4) is 6.07 Å². The normalized spacial score (nSPS) is 19.2. The summed E-state index contributed by atoms with van der Waals surface area (Å²) in [6.07, 6.45) is 0. The van der Waals surface area contributed by atoms with Crippen LogP contribution in [-0.2, 0) is 33.5 Å². The largest absolute Gasteiger partial charge is 0.427 e. The van der Waals surface area contributed by atoms with Crippen LogP contribution in [0.4, 0.5) is 5.13 Å². The predicted octanol–water partition coefficient (Wildman–Crippen LogP) is 1.08. The number of nitrogens with two attached hydrogens (primary N) is 1. The number of rotatable bonds is 10. The van der Waals surface area contributed by atoms with Gasteiger partial charge in [-0.1, -0.05) is 5.16 Å². The first-order valence-electron chi connectivity index (χ1n) is 11.1. The summed E-state index contributed by atoms with van der Waals surface area (Å²) in [5.74, 6) is -1.77. The summed E-state index contributed by atoms with van der Waals surface area (Å²) < 4.78 is 10.2. The fourth-order valence-corrected chi connectivity index (χ4v) is 6.03. The number of oxime groups is 1. The lowest BCUT2D eigenvalue weighted by Gasteiger charge is -2.49. The fraction of sp³-hybridized carbons (Fsp3) is 0.500. The minimum Gasteiger partial charge on any atom is -0.427 e. The lowest BCUT2D eigenvalue weighted by Crippen LogP contribution is -2.71. The van der Waals surface area contributed by atoms with Gasteiger partial charge in [-0.2, -0.15) is 5.26 Å². The molecule has 204 valence electrons. The van der Waals surface area contributed by atoms with Crippen LogP contribution >= 0.6 is 34.9 Å². The fourth-order valence-electron chi connectivity index (χ4n) is 3.33. The molecule has 13 nitrogen and oxygen atoms in total. The maximum atomic E-state index is 13.2. The Morgan fingerprint density at radius 1 is 1.37 bits per heavy atom. The van der Waals surface area contributed by atoms with Gasteiger partial charge in [0.1, 0.15) is 29.9 Å². The van der Waals surface area contributed by atoms with E-state index in [-0.39, 0.29) is 28.0 Å². The van der Waals surface area contributed by atoms with E-state index in [4.69, 9.17) is 25.3 Å². The molecule has 1 fully saturated rings. The van der Waals surface area contributed by atoms with E-state index in [0.29, 0.717) is 17.1 Å². The van der Waals surface area contributed by atoms with Gasteiger partial charge in [-0.05, 0) is 26.3 Å². The Kier molecular flexibility index (Phi) is 9.63. The van der Waals surface area contributed by atoms with E-state index in [1.54, 1.807) is 20.8 Å². The standard InChI is InChI=1S/C22H26N6O7S3/c1-22(2,3)20(32)35-10-34-19(31)15-11(7-36-6-5-23)8-37-18-14(17(30)28(15)18)26-16(29)13(27-33-4)12-9-38-21(24)25-12/h9,14,18H,6-8,10H2,1-4H3,(H2,24,25)(H,26,29)/b27-13-/t14-,18-/m1/s1. The summed E-state index contributed by atoms with van der Waals surface area (Å²) in [4.78, 5) is 61.2. The van der Waals surface area contributed by atoms with Gasteiger partial charge in [0, 0.05) is 16.9 Å². The number of carbonyl (C=O) groups excluding carboxylic acids is 4. The van der Waals surface area contributed by atoms with E-state index in [1.165, 1.54) is 40.9 Å². The summed E-state index contributed by atoms with van der Waals surface area (Å²) in [7, 11) is 1.27. The maximum Gasteiger partial charge on any atom is 0.357 e. The van der Waals surface area contributed by atoms with Crippen molar-refractivity contribution in [1.82, 2.24) is 15.2 Å². The van der Waals surface area contributed by atoms with Gasteiger partial charge in [0.15, 0.2) is 10.8 Å². The summed E-state index contributed by atoms with van der Waals surface area (Å²) in [5, 5.41) is 16.4. The van der Waals surface area contributed by atoms with E-state index in [2.05, 4.69) is 15.5 Å². The molecule has 2 aliphatic rings. The molecule has 0 aliphatic carbocycles. The smallest absolute Gasteiger partial charge is 0.357 e. The van der Waals surface area contributed by atoms with Crippen molar-refractivity contribution in [2.45, 2.75) is 32.2 Å². The summed E-state index contributed by atoms with van der Waals surface area (Å²) in [6, 6.07) is 1.06. The highest BCUT2D eigenvalue weighted by molar-refractivity contribution is 8.01. The molecule has 3 heterocycles. The van der Waals surface area contributed by atoms with Crippen molar-refractivity contribution < 1.29 is 33.5 Å². The number of fused-ring (bicyclic) bond motifs is 1. The number of thiazole rings is 1. The predicted molar refractivity (Wildman–Crippen MR) is 142 cm³/mol. The molecule has 1 aromatic heterocycles. The molecule has 3 N–H and O–H groups in total. The molecule has 38 heavy (non-hydrogen) atoms. The molecule has 2 amide bonds. The Labute approximate surface area is 231 Å². The maximum absolute atomic E-state index is 13.2. The van der Waals surface area contributed by atoms with Crippen LogP contribution in [0.2, 0.25) is 0 Å². The molecule has 1 saturated heterocycles. The Balaban J connectivity index is 1.76. The molecule has 0 radical (unpaired) electrons. The van der Waals surface area contributed by atoms with Crippen LogP contribution in [0, 0.1) is 16.7 Å². The number of hydrogen-bond acceptors (Lipinski definition) is 14. The third-order valence-electron chi connectivity index (χ3n) is 5.12. The second-order valence-corrected chi connectivity index (χ2v) is 11.9. The van der Waals surface area contributed by atoms with Crippen molar-refractivity contribution in [3.05, 3.63) is 22.3 Å². The first-order chi connectivity index (χ1) is 18.0. The zero-order valence-corrected chi connectivity index (χ0v) is 23.5. The van der Waals surface area contributed by atoms with Crippen LogP contribution in [0.5, 0.6) is 0 Å². The lowest BCUT2D eigenvalue weighted by atomic mass is 9.98. The first-order valence-corrected chi connectivity index (χ1v) is 14.2. The number of β-lactam (4-membered cyclic amide) rings is 1. The molecule has 0 bridgehead atoms. The summed E-state index contributed by atoms with van der Waals surface area (Å²) >= 11 is 3.75. The van der Waals surface area contributed by atoms with Crippen molar-refractivity contribution in [1.29, 1.82) is 5.26 Å². The molecule has 0 saturated carbocycles. The van der Waals surface area contributed by atoms with E-state index >= 15 is 0 Å². The molecule has 0 spiro atoms. The van der Waals surface area contributed by atoms with Gasteiger partial charge >= 0.3 is 11.9 Å². The molecule has 2 aliphatic heterocycles. The molecular weight excluding hydrogens is 556 g/mol. The number of anilines is 1. The van der Waals surface area contributed by atoms with Crippen LogP contribution < -0.4 is 11.1 Å². The zero-order valence-electron chi connectivity index (χ0n) is 21.0. The lowest BCUT2D eigenvalue weighted by molar-refractivity contribution is -0.173. The average Bonchev–Trinajstić information content (AvgIpc) is 3.30. The number of nitriles is 1. The van der Waals surface area contributed by atoms with Gasteiger partial charge < -0.3 is 25.4 Å². The van der Waals surface area contributed by atoms with Crippen LogP contribution in [0.3, 0.4) is 0 Å². The second kappa shape index (κ2) is 12.5. The average molecular weight is 583 g/mol. The number of amides is 2.